The average molecular weight is 374 g/mol. The third-order valence-corrected chi connectivity index (χ3v) is 4.49. The summed E-state index contributed by atoms with van der Waals surface area (Å²) in [6, 6.07) is 12.0. The minimum absolute atomic E-state index is 0.255. The summed E-state index contributed by atoms with van der Waals surface area (Å²) in [5.74, 6) is 1.06. The van der Waals surface area contributed by atoms with E-state index in [2.05, 4.69) is 10.6 Å². The Morgan fingerprint density at radius 1 is 1.04 bits per heavy atom. The van der Waals surface area contributed by atoms with Gasteiger partial charge >= 0.3 is 6.03 Å². The second-order valence-electron chi connectivity index (χ2n) is 6.90. The summed E-state index contributed by atoms with van der Waals surface area (Å²) in [6.07, 6.45) is 0.444. The van der Waals surface area contributed by atoms with Gasteiger partial charge in [-0.25, -0.2) is 9.18 Å². The van der Waals surface area contributed by atoms with E-state index in [1.165, 1.54) is 6.07 Å². The Morgan fingerprint density at radius 2 is 1.74 bits per heavy atom. The summed E-state index contributed by atoms with van der Waals surface area (Å²) < 4.78 is 24.2. The van der Waals surface area contributed by atoms with Gasteiger partial charge in [0.05, 0.1) is 14.2 Å². The van der Waals surface area contributed by atoms with E-state index >= 15 is 0 Å². The van der Waals surface area contributed by atoms with Crippen molar-refractivity contribution in [1.29, 1.82) is 0 Å². The Kier molecular flexibility index (Phi) is 7.05. The Balaban J connectivity index is 1.87. The molecule has 2 aromatic carbocycles. The van der Waals surface area contributed by atoms with Crippen LogP contribution in [0.15, 0.2) is 42.5 Å². The number of carbonyl (C=O) groups excluding carboxylic acids is 1. The third kappa shape index (κ3) is 5.61. The smallest absolute Gasteiger partial charge is 0.314 e. The normalized spacial score (nSPS) is 11.0. The molecule has 0 aliphatic rings. The van der Waals surface area contributed by atoms with Gasteiger partial charge in [-0.15, -0.1) is 0 Å². The van der Waals surface area contributed by atoms with Crippen molar-refractivity contribution >= 4 is 6.03 Å². The van der Waals surface area contributed by atoms with Gasteiger partial charge in [0.25, 0.3) is 0 Å². The topological polar surface area (TPSA) is 59.6 Å². The van der Waals surface area contributed by atoms with E-state index in [-0.39, 0.29) is 17.3 Å². The van der Waals surface area contributed by atoms with E-state index < -0.39 is 0 Å². The zero-order chi connectivity index (χ0) is 19.9. The van der Waals surface area contributed by atoms with Crippen LogP contribution in [0, 0.1) is 5.82 Å². The molecular weight excluding hydrogens is 347 g/mol. The quantitative estimate of drug-likeness (QED) is 0.741. The second kappa shape index (κ2) is 9.26. The minimum atomic E-state index is -0.303. The number of amides is 2. The number of hydrogen-bond acceptors (Lipinski definition) is 3. The Bertz CT molecular complexity index is 778. The molecule has 5 nitrogen and oxygen atoms in total. The van der Waals surface area contributed by atoms with Crippen molar-refractivity contribution in [1.82, 2.24) is 10.6 Å². The zero-order valence-electron chi connectivity index (χ0n) is 16.3. The maximum absolute atomic E-state index is 13.6. The van der Waals surface area contributed by atoms with Gasteiger partial charge in [0.15, 0.2) is 11.5 Å². The van der Waals surface area contributed by atoms with Crippen LogP contribution in [-0.2, 0) is 11.8 Å². The van der Waals surface area contributed by atoms with E-state index in [4.69, 9.17) is 9.47 Å². The van der Waals surface area contributed by atoms with Gasteiger partial charge in [-0.2, -0.15) is 0 Å². The van der Waals surface area contributed by atoms with Gasteiger partial charge in [0.2, 0.25) is 0 Å². The number of rotatable bonds is 8. The number of halogens is 1. The highest BCUT2D eigenvalue weighted by molar-refractivity contribution is 5.74. The summed E-state index contributed by atoms with van der Waals surface area (Å²) in [4.78, 5) is 12.1. The van der Waals surface area contributed by atoms with Crippen LogP contribution in [0.5, 0.6) is 11.5 Å². The van der Waals surface area contributed by atoms with E-state index in [9.17, 15) is 9.18 Å². The van der Waals surface area contributed by atoms with Crippen LogP contribution in [0.1, 0.15) is 25.0 Å². The number of hydrogen-bond donors (Lipinski definition) is 2. The van der Waals surface area contributed by atoms with Crippen LogP contribution >= 0.6 is 0 Å². The molecule has 0 heterocycles. The lowest BCUT2D eigenvalue weighted by Crippen LogP contribution is -2.42. The molecule has 0 saturated carbocycles. The van der Waals surface area contributed by atoms with Gasteiger partial charge in [-0.1, -0.05) is 38.1 Å². The summed E-state index contributed by atoms with van der Waals surface area (Å²) >= 11 is 0. The van der Waals surface area contributed by atoms with Crippen molar-refractivity contribution in [3.8, 4) is 11.5 Å². The lowest BCUT2D eigenvalue weighted by atomic mass is 9.84. The van der Waals surface area contributed by atoms with Crippen molar-refractivity contribution in [3.63, 3.8) is 0 Å². The molecule has 0 saturated heterocycles. The monoisotopic (exact) mass is 374 g/mol. The number of methoxy groups -OCH3 is 2. The van der Waals surface area contributed by atoms with Crippen molar-refractivity contribution in [2.45, 2.75) is 25.7 Å². The molecule has 2 rings (SSSR count). The maximum atomic E-state index is 13.6. The summed E-state index contributed by atoms with van der Waals surface area (Å²) in [6.45, 7) is 4.87. The maximum Gasteiger partial charge on any atom is 0.314 e. The molecule has 0 fully saturated rings. The molecule has 0 aliphatic carbocycles. The molecule has 27 heavy (non-hydrogen) atoms. The number of urea groups is 1. The molecule has 0 radical (unpaired) electrons. The first-order valence-corrected chi connectivity index (χ1v) is 8.85. The van der Waals surface area contributed by atoms with Gasteiger partial charge in [-0.05, 0) is 35.7 Å². The molecule has 2 N–H and O–H groups in total. The molecule has 2 aromatic rings. The molecule has 6 heteroatoms. The zero-order valence-corrected chi connectivity index (χ0v) is 16.3. The van der Waals surface area contributed by atoms with Gasteiger partial charge < -0.3 is 20.1 Å². The van der Waals surface area contributed by atoms with E-state index in [0.29, 0.717) is 36.6 Å². The van der Waals surface area contributed by atoms with Crippen molar-refractivity contribution in [2.24, 2.45) is 0 Å². The van der Waals surface area contributed by atoms with E-state index in [1.807, 2.05) is 32.0 Å². The van der Waals surface area contributed by atoms with Crippen LogP contribution in [0.25, 0.3) is 0 Å². The lowest BCUT2D eigenvalue weighted by molar-refractivity contribution is 0.238. The molecule has 0 atom stereocenters. The Labute approximate surface area is 159 Å². The highest BCUT2D eigenvalue weighted by atomic mass is 19.1. The summed E-state index contributed by atoms with van der Waals surface area (Å²) in [5, 5.41) is 5.63. The van der Waals surface area contributed by atoms with Crippen molar-refractivity contribution < 1.29 is 18.7 Å². The standard InChI is InChI=1S/C21H27FN2O3/c1-21(2,16-9-10-18(26-3)19(13-16)27-4)14-24-20(25)23-12-11-15-7-5-6-8-17(15)22/h5-10,13H,11-12,14H2,1-4H3,(H2,23,24,25). The number of ether oxygens (including phenoxy) is 2. The van der Waals surface area contributed by atoms with Gasteiger partial charge in [0, 0.05) is 18.5 Å². The lowest BCUT2D eigenvalue weighted by Gasteiger charge is -2.26. The fourth-order valence-corrected chi connectivity index (χ4v) is 2.73. The van der Waals surface area contributed by atoms with E-state index in [1.54, 1.807) is 32.4 Å². The third-order valence-electron chi connectivity index (χ3n) is 4.49. The molecule has 146 valence electrons. The molecule has 2 amide bonds. The van der Waals surface area contributed by atoms with Crippen molar-refractivity contribution in [3.05, 3.63) is 59.4 Å². The predicted molar refractivity (Wildman–Crippen MR) is 104 cm³/mol. The second-order valence-corrected chi connectivity index (χ2v) is 6.90. The van der Waals surface area contributed by atoms with Crippen LogP contribution in [0.3, 0.4) is 0 Å². The van der Waals surface area contributed by atoms with Crippen LogP contribution < -0.4 is 20.1 Å². The van der Waals surface area contributed by atoms with Crippen LogP contribution in [0.4, 0.5) is 9.18 Å². The fraction of sp³-hybridized carbons (Fsp3) is 0.381. The average Bonchev–Trinajstić information content (AvgIpc) is 2.67. The Morgan fingerprint density at radius 3 is 2.41 bits per heavy atom. The molecule has 0 aromatic heterocycles. The van der Waals surface area contributed by atoms with Gasteiger partial charge in [-0.3, -0.25) is 0 Å². The molecule has 0 bridgehead atoms. The number of benzene rings is 2. The first-order chi connectivity index (χ1) is 12.9. The highest BCUT2D eigenvalue weighted by Gasteiger charge is 2.23. The highest BCUT2D eigenvalue weighted by Crippen LogP contribution is 2.32. The summed E-state index contributed by atoms with van der Waals surface area (Å²) in [7, 11) is 3.19. The first-order valence-electron chi connectivity index (χ1n) is 8.85. The van der Waals surface area contributed by atoms with Crippen LogP contribution in [0.2, 0.25) is 0 Å². The van der Waals surface area contributed by atoms with Crippen LogP contribution in [-0.4, -0.2) is 33.3 Å². The number of nitrogens with one attached hydrogen (secondary N) is 2. The van der Waals surface area contributed by atoms with Gasteiger partial charge in [0.1, 0.15) is 5.82 Å². The molecule has 0 aliphatic heterocycles. The summed E-state index contributed by atoms with van der Waals surface area (Å²) in [5.41, 5.74) is 1.30. The largest absolute Gasteiger partial charge is 0.493 e. The van der Waals surface area contributed by atoms with E-state index in [0.717, 1.165) is 5.56 Å². The van der Waals surface area contributed by atoms with Crippen molar-refractivity contribution in [2.75, 3.05) is 27.3 Å². The number of carbonyl (C=O) groups is 1. The Hall–Kier alpha value is -2.76. The first kappa shape index (κ1) is 20.6. The SMILES string of the molecule is COc1ccc(C(C)(C)CNC(=O)NCCc2ccccc2F)cc1OC. The predicted octanol–water partition coefficient (Wildman–Crippen LogP) is 3.66. The fourth-order valence-electron chi connectivity index (χ4n) is 2.73. The molecular formula is C21H27FN2O3. The molecule has 0 unspecified atom stereocenters. The minimum Gasteiger partial charge on any atom is -0.493 e. The molecule has 0 spiro atoms.